The Kier molecular flexibility index (Phi) is 4.65. The third-order valence-electron chi connectivity index (χ3n) is 3.83. The molecule has 0 aliphatic carbocycles. The number of aromatic nitrogens is 2. The van der Waals surface area contributed by atoms with E-state index in [1.165, 1.54) is 0 Å². The average molecular weight is 323 g/mol. The summed E-state index contributed by atoms with van der Waals surface area (Å²) < 4.78 is 2.12. The van der Waals surface area contributed by atoms with Crippen LogP contribution in [0.4, 0.5) is 10.5 Å². The molecule has 0 saturated carbocycles. The topological polar surface area (TPSA) is 73.2 Å². The number of rotatable bonds is 6. The van der Waals surface area contributed by atoms with Crippen molar-refractivity contribution in [2.24, 2.45) is 0 Å². The minimum Gasteiger partial charge on any atom is -0.530 e. The van der Waals surface area contributed by atoms with Crippen LogP contribution in [0.25, 0.3) is 10.9 Å². The fourth-order valence-electron chi connectivity index (χ4n) is 2.76. The summed E-state index contributed by atoms with van der Waals surface area (Å²) in [6.07, 6.45) is 5.34. The number of anilines is 1. The van der Waals surface area contributed by atoms with Gasteiger partial charge in [0.15, 0.2) is 0 Å². The molecule has 0 aliphatic heterocycles. The third-order valence-corrected chi connectivity index (χ3v) is 3.83. The van der Waals surface area contributed by atoms with Crippen LogP contribution in [0.3, 0.4) is 0 Å². The lowest BCUT2D eigenvalue weighted by Gasteiger charge is -2.26. The van der Waals surface area contributed by atoms with E-state index in [0.717, 1.165) is 35.1 Å². The van der Waals surface area contributed by atoms with Crippen molar-refractivity contribution in [1.29, 1.82) is 0 Å². The van der Waals surface area contributed by atoms with Gasteiger partial charge in [-0.3, -0.25) is 14.7 Å². The van der Waals surface area contributed by atoms with E-state index < -0.39 is 6.09 Å². The Morgan fingerprint density at radius 3 is 2.75 bits per heavy atom. The normalized spacial score (nSPS) is 10.7. The predicted molar refractivity (Wildman–Crippen MR) is 91.4 cm³/mol. The predicted octanol–water partition coefficient (Wildman–Crippen LogP) is 2.15. The molecule has 0 atom stereocenters. The number of nitrogens with zero attached hydrogens (tertiary/aromatic N) is 3. The second-order valence-electron chi connectivity index (χ2n) is 5.52. The van der Waals surface area contributed by atoms with Crippen molar-refractivity contribution < 1.29 is 9.90 Å². The summed E-state index contributed by atoms with van der Waals surface area (Å²) in [5.41, 5.74) is 3.04. The molecule has 0 radical (unpaired) electrons. The Balaban J connectivity index is 1.95. The van der Waals surface area contributed by atoms with Gasteiger partial charge in [0.05, 0.1) is 11.2 Å². The molecule has 1 N–H and O–H groups in total. The zero-order chi connectivity index (χ0) is 16.9. The van der Waals surface area contributed by atoms with E-state index in [0.29, 0.717) is 0 Å². The Labute approximate surface area is 140 Å². The van der Waals surface area contributed by atoms with Crippen molar-refractivity contribution in [3.63, 3.8) is 0 Å². The maximum Gasteiger partial charge on any atom is 0.134 e. The molecule has 124 valence electrons. The lowest BCUT2D eigenvalue weighted by Crippen LogP contribution is -2.35. The molecule has 0 spiro atoms. The van der Waals surface area contributed by atoms with Crippen LogP contribution >= 0.6 is 0 Å². The number of carboxylic acid groups (broad SMARTS) is 1. The van der Waals surface area contributed by atoms with Crippen LogP contribution in [0.15, 0.2) is 55.0 Å². The van der Waals surface area contributed by atoms with Gasteiger partial charge in [0.1, 0.15) is 6.09 Å². The molecule has 6 nitrogen and oxygen atoms in total. The van der Waals surface area contributed by atoms with Crippen molar-refractivity contribution in [1.82, 2.24) is 15.0 Å². The minimum atomic E-state index is -1.26. The van der Waals surface area contributed by atoms with Gasteiger partial charge < -0.3 is 15.2 Å². The van der Waals surface area contributed by atoms with Gasteiger partial charge in [-0.1, -0.05) is 13.0 Å². The van der Waals surface area contributed by atoms with E-state index >= 15 is 0 Å². The quantitative estimate of drug-likeness (QED) is 0.754. The Hall–Kier alpha value is -3.02. The fourth-order valence-corrected chi connectivity index (χ4v) is 2.76. The van der Waals surface area contributed by atoms with Crippen LogP contribution < -0.4 is 15.4 Å². The highest BCUT2D eigenvalue weighted by Gasteiger charge is 2.11. The molecule has 3 rings (SSSR count). The third kappa shape index (κ3) is 3.32. The van der Waals surface area contributed by atoms with Gasteiger partial charge in [-0.25, -0.2) is 0 Å². The summed E-state index contributed by atoms with van der Waals surface area (Å²) in [5, 5.41) is 16.1. The fraction of sp³-hybridized carbons (Fsp3) is 0.222. The van der Waals surface area contributed by atoms with Crippen LogP contribution in [0.1, 0.15) is 18.9 Å². The molecule has 24 heavy (non-hydrogen) atoms. The summed E-state index contributed by atoms with van der Waals surface area (Å²) >= 11 is 0. The molecule has 0 bridgehead atoms. The van der Waals surface area contributed by atoms with Crippen LogP contribution in [0.2, 0.25) is 0 Å². The van der Waals surface area contributed by atoms with Gasteiger partial charge in [0, 0.05) is 37.1 Å². The first kappa shape index (κ1) is 15.9. The van der Waals surface area contributed by atoms with Crippen molar-refractivity contribution in [3.8, 4) is 0 Å². The summed E-state index contributed by atoms with van der Waals surface area (Å²) in [5.74, 6) is 0. The number of amides is 1. The van der Waals surface area contributed by atoms with Crippen molar-refractivity contribution in [2.45, 2.75) is 19.9 Å². The first-order valence-electron chi connectivity index (χ1n) is 7.91. The smallest absolute Gasteiger partial charge is 0.134 e. The van der Waals surface area contributed by atoms with Gasteiger partial charge in [-0.2, -0.15) is 0 Å². The van der Waals surface area contributed by atoms with Gasteiger partial charge in [-0.05, 0) is 42.3 Å². The van der Waals surface area contributed by atoms with Crippen LogP contribution in [0.5, 0.6) is 0 Å². The molecular weight excluding hydrogens is 304 g/mol. The molecule has 0 aliphatic rings. The first-order chi connectivity index (χ1) is 11.7. The highest BCUT2D eigenvalue weighted by Crippen LogP contribution is 2.22. The number of benzene rings is 1. The molecular formula is C18H19N4O2-. The summed E-state index contributed by atoms with van der Waals surface area (Å²) in [6, 6.07) is 11.9. The monoisotopic (exact) mass is 323 g/mol. The van der Waals surface area contributed by atoms with Gasteiger partial charge in [0.25, 0.3) is 0 Å². The maximum atomic E-state index is 10.5. The van der Waals surface area contributed by atoms with Crippen LogP contribution in [-0.2, 0) is 6.54 Å². The van der Waals surface area contributed by atoms with Gasteiger partial charge >= 0.3 is 0 Å². The molecule has 2 aromatic heterocycles. The van der Waals surface area contributed by atoms with E-state index in [-0.39, 0.29) is 6.54 Å². The van der Waals surface area contributed by atoms with Crippen molar-refractivity contribution in [3.05, 3.63) is 60.6 Å². The summed E-state index contributed by atoms with van der Waals surface area (Å²) in [7, 11) is 0. The highest BCUT2D eigenvalue weighted by atomic mass is 16.4. The number of pyridine rings is 1. The second kappa shape index (κ2) is 7.04. The number of nitrogens with one attached hydrogen (secondary N) is 1. The van der Waals surface area contributed by atoms with Gasteiger partial charge in [0.2, 0.25) is 0 Å². The SMILES string of the molecule is CCCN(c1ccncc1)n1ccc2cc(CNC(=O)[O-])ccc21. The Morgan fingerprint density at radius 1 is 1.25 bits per heavy atom. The molecule has 1 aromatic carbocycles. The number of hydrogen-bond acceptors (Lipinski definition) is 4. The van der Waals surface area contributed by atoms with Gasteiger partial charge in [-0.15, -0.1) is 0 Å². The van der Waals surface area contributed by atoms with Crippen molar-refractivity contribution >= 4 is 22.7 Å². The van der Waals surface area contributed by atoms with E-state index in [9.17, 15) is 9.90 Å². The molecule has 3 aromatic rings. The standard InChI is InChI=1S/C18H20N4O2/c1-2-10-21(16-5-8-19-9-6-16)22-11-7-15-12-14(3-4-17(15)22)13-20-18(23)24/h3-9,11-12,20H,2,10,13H2,1H3,(H,23,24)/p-1. The van der Waals surface area contributed by atoms with Crippen molar-refractivity contribution in [2.75, 3.05) is 11.6 Å². The Morgan fingerprint density at radius 2 is 2.04 bits per heavy atom. The number of carbonyl (C=O) groups is 1. The minimum absolute atomic E-state index is 0.243. The maximum absolute atomic E-state index is 10.5. The zero-order valence-electron chi connectivity index (χ0n) is 13.5. The summed E-state index contributed by atoms with van der Waals surface area (Å²) in [6.45, 7) is 3.26. The molecule has 2 heterocycles. The second-order valence-corrected chi connectivity index (χ2v) is 5.52. The van der Waals surface area contributed by atoms with Crippen LogP contribution in [-0.4, -0.2) is 22.3 Å². The summed E-state index contributed by atoms with van der Waals surface area (Å²) in [4.78, 5) is 14.6. The van der Waals surface area contributed by atoms with E-state index in [4.69, 9.17) is 0 Å². The molecule has 6 heteroatoms. The number of hydrogen-bond donors (Lipinski definition) is 1. The van der Waals surface area contributed by atoms with E-state index in [2.05, 4.69) is 26.9 Å². The molecule has 0 fully saturated rings. The van der Waals surface area contributed by atoms with E-state index in [1.807, 2.05) is 42.6 Å². The Bertz CT molecular complexity index is 829. The van der Waals surface area contributed by atoms with E-state index in [1.54, 1.807) is 12.4 Å². The van der Waals surface area contributed by atoms with Crippen LogP contribution in [0, 0.1) is 0 Å². The largest absolute Gasteiger partial charge is 0.530 e. The zero-order valence-corrected chi connectivity index (χ0v) is 13.5. The molecule has 0 saturated heterocycles. The molecule has 0 unspecified atom stereocenters. The highest BCUT2D eigenvalue weighted by molar-refractivity contribution is 5.82. The lowest BCUT2D eigenvalue weighted by atomic mass is 10.1. The average Bonchev–Trinajstić information content (AvgIpc) is 3.01. The number of fused-ring (bicyclic) bond motifs is 1. The molecule has 1 amide bonds. The lowest BCUT2D eigenvalue weighted by molar-refractivity contribution is -0.251. The first-order valence-corrected chi connectivity index (χ1v) is 7.91. The number of carbonyl (C=O) groups excluding carboxylic acids is 1.